The van der Waals surface area contributed by atoms with Crippen LogP contribution in [0.4, 0.5) is 0 Å². The van der Waals surface area contributed by atoms with Crippen LogP contribution < -0.4 is 4.74 Å². The minimum absolute atomic E-state index is 0.446. The van der Waals surface area contributed by atoms with E-state index in [2.05, 4.69) is 15.1 Å². The molecule has 0 atom stereocenters. The number of rotatable bonds is 8. The molecule has 1 heterocycles. The molecule has 0 unspecified atom stereocenters. The Bertz CT molecular complexity index is 850. The third kappa shape index (κ3) is 4.84. The van der Waals surface area contributed by atoms with Crippen LogP contribution in [0.15, 0.2) is 52.9 Å². The van der Waals surface area contributed by atoms with E-state index in [1.165, 1.54) is 0 Å². The molecule has 6 heteroatoms. The zero-order valence-corrected chi connectivity index (χ0v) is 15.7. The summed E-state index contributed by atoms with van der Waals surface area (Å²) in [5, 5.41) is 8.81. The van der Waals surface area contributed by atoms with E-state index >= 15 is 0 Å². The van der Waals surface area contributed by atoms with Crippen molar-refractivity contribution in [2.24, 2.45) is 0 Å². The number of halogens is 1. The Morgan fingerprint density at radius 2 is 1.85 bits per heavy atom. The minimum Gasteiger partial charge on any atom is -0.493 e. The lowest BCUT2D eigenvalue weighted by Gasteiger charge is -2.15. The first-order valence-electron chi connectivity index (χ1n) is 8.58. The summed E-state index contributed by atoms with van der Waals surface area (Å²) in [6.07, 6.45) is 0.913. The van der Waals surface area contributed by atoms with Gasteiger partial charge in [0.05, 0.1) is 23.7 Å². The fourth-order valence-electron chi connectivity index (χ4n) is 2.61. The summed E-state index contributed by atoms with van der Waals surface area (Å²) in [6, 6.07) is 15.5. The van der Waals surface area contributed by atoms with E-state index in [1.54, 1.807) is 6.07 Å². The largest absolute Gasteiger partial charge is 0.493 e. The van der Waals surface area contributed by atoms with Gasteiger partial charge in [0, 0.05) is 6.54 Å². The first kappa shape index (κ1) is 18.4. The number of aromatic nitrogens is 2. The van der Waals surface area contributed by atoms with Gasteiger partial charge in [0.2, 0.25) is 11.8 Å². The molecular formula is C20H22ClN3O2. The van der Waals surface area contributed by atoms with Gasteiger partial charge in [-0.05, 0) is 44.2 Å². The Hall–Kier alpha value is -2.37. The monoisotopic (exact) mass is 371 g/mol. The number of para-hydroxylation sites is 1. The summed E-state index contributed by atoms with van der Waals surface area (Å²) in [4.78, 5) is 2.13. The van der Waals surface area contributed by atoms with Crippen molar-refractivity contribution in [2.45, 2.75) is 19.9 Å². The lowest BCUT2D eigenvalue weighted by Crippen LogP contribution is -2.21. The topological polar surface area (TPSA) is 51.4 Å². The number of hydrogen-bond donors (Lipinski definition) is 0. The predicted molar refractivity (Wildman–Crippen MR) is 102 cm³/mol. The van der Waals surface area contributed by atoms with Gasteiger partial charge in [-0.3, -0.25) is 4.90 Å². The van der Waals surface area contributed by atoms with E-state index in [-0.39, 0.29) is 0 Å². The Morgan fingerprint density at radius 1 is 1.08 bits per heavy atom. The molecule has 0 saturated carbocycles. The molecule has 2 aromatic carbocycles. The number of nitrogens with zero attached hydrogens (tertiary/aromatic N) is 3. The van der Waals surface area contributed by atoms with E-state index in [9.17, 15) is 0 Å². The maximum atomic E-state index is 6.17. The molecule has 0 amide bonds. The minimum atomic E-state index is 0.446. The van der Waals surface area contributed by atoms with Crippen molar-refractivity contribution in [3.05, 3.63) is 65.0 Å². The first-order chi connectivity index (χ1) is 12.6. The Balaban J connectivity index is 1.46. The van der Waals surface area contributed by atoms with Crippen LogP contribution in [0, 0.1) is 6.92 Å². The van der Waals surface area contributed by atoms with Crippen molar-refractivity contribution < 1.29 is 9.15 Å². The molecule has 0 aliphatic carbocycles. The van der Waals surface area contributed by atoms with E-state index in [0.29, 0.717) is 30.0 Å². The first-order valence-corrected chi connectivity index (χ1v) is 8.95. The summed E-state index contributed by atoms with van der Waals surface area (Å²) in [6.45, 7) is 4.18. The second-order valence-corrected chi connectivity index (χ2v) is 6.59. The average Bonchev–Trinajstić information content (AvgIpc) is 3.08. The van der Waals surface area contributed by atoms with Gasteiger partial charge in [0.15, 0.2) is 0 Å². The number of aryl methyl sites for hydroxylation is 1. The summed E-state index contributed by atoms with van der Waals surface area (Å²) in [5.74, 6) is 1.96. The van der Waals surface area contributed by atoms with Crippen molar-refractivity contribution in [3.63, 3.8) is 0 Å². The molecule has 0 spiro atoms. The normalized spacial score (nSPS) is 11.1. The third-order valence-corrected chi connectivity index (χ3v) is 4.34. The van der Waals surface area contributed by atoms with Crippen molar-refractivity contribution >= 4 is 11.6 Å². The Morgan fingerprint density at radius 3 is 2.65 bits per heavy atom. The fourth-order valence-corrected chi connectivity index (χ4v) is 2.82. The average molecular weight is 372 g/mol. The summed E-state index contributed by atoms with van der Waals surface area (Å²) in [5.41, 5.74) is 1.90. The quantitative estimate of drug-likeness (QED) is 0.541. The molecule has 0 fully saturated rings. The molecule has 0 bridgehead atoms. The molecule has 3 aromatic rings. The lowest BCUT2D eigenvalue weighted by molar-refractivity contribution is 0.244. The summed E-state index contributed by atoms with van der Waals surface area (Å²) in [7, 11) is 2.02. The van der Waals surface area contributed by atoms with Crippen LogP contribution in [0.3, 0.4) is 0 Å². The second kappa shape index (κ2) is 8.83. The number of ether oxygens (including phenoxy) is 1. The van der Waals surface area contributed by atoms with E-state index in [0.717, 1.165) is 29.8 Å². The number of hydrogen-bond acceptors (Lipinski definition) is 5. The van der Waals surface area contributed by atoms with Crippen LogP contribution in [0.1, 0.15) is 17.9 Å². The second-order valence-electron chi connectivity index (χ2n) is 6.19. The van der Waals surface area contributed by atoms with Gasteiger partial charge in [0.25, 0.3) is 0 Å². The van der Waals surface area contributed by atoms with Gasteiger partial charge in [-0.15, -0.1) is 10.2 Å². The molecule has 1 aromatic heterocycles. The highest BCUT2D eigenvalue weighted by molar-refractivity contribution is 6.33. The maximum absolute atomic E-state index is 6.17. The van der Waals surface area contributed by atoms with Crippen LogP contribution >= 0.6 is 11.6 Å². The van der Waals surface area contributed by atoms with Gasteiger partial charge in [-0.2, -0.15) is 0 Å². The fraction of sp³-hybridized carbons (Fsp3) is 0.300. The van der Waals surface area contributed by atoms with Gasteiger partial charge in [0.1, 0.15) is 5.75 Å². The Kier molecular flexibility index (Phi) is 6.26. The SMILES string of the molecule is Cc1ccccc1OCCCN(C)Cc1nnc(-c2ccccc2Cl)o1. The third-order valence-electron chi connectivity index (χ3n) is 4.01. The van der Waals surface area contributed by atoms with Crippen molar-refractivity contribution in [2.75, 3.05) is 20.2 Å². The molecular weight excluding hydrogens is 350 g/mol. The van der Waals surface area contributed by atoms with Crippen molar-refractivity contribution in [3.8, 4) is 17.2 Å². The van der Waals surface area contributed by atoms with E-state index < -0.39 is 0 Å². The van der Waals surface area contributed by atoms with Gasteiger partial charge in [-0.25, -0.2) is 0 Å². The highest BCUT2D eigenvalue weighted by Crippen LogP contribution is 2.26. The molecule has 0 saturated heterocycles. The standard InChI is InChI=1S/C20H22ClN3O2/c1-15-8-3-6-11-18(15)25-13-7-12-24(2)14-19-22-23-20(26-19)16-9-4-5-10-17(16)21/h3-6,8-11H,7,12-14H2,1-2H3. The molecule has 136 valence electrons. The van der Waals surface area contributed by atoms with Gasteiger partial charge < -0.3 is 9.15 Å². The molecule has 0 N–H and O–H groups in total. The Labute approximate surface area is 158 Å². The van der Waals surface area contributed by atoms with Crippen molar-refractivity contribution in [1.82, 2.24) is 15.1 Å². The highest BCUT2D eigenvalue weighted by Gasteiger charge is 2.12. The van der Waals surface area contributed by atoms with Crippen molar-refractivity contribution in [1.29, 1.82) is 0 Å². The molecule has 0 aliphatic heterocycles. The van der Waals surface area contributed by atoms with Gasteiger partial charge in [-0.1, -0.05) is 41.9 Å². The van der Waals surface area contributed by atoms with Crippen LogP contribution in [-0.2, 0) is 6.54 Å². The zero-order chi connectivity index (χ0) is 18.4. The van der Waals surface area contributed by atoms with Crippen LogP contribution in [0.25, 0.3) is 11.5 Å². The molecule has 0 radical (unpaired) electrons. The van der Waals surface area contributed by atoms with Crippen LogP contribution in [0.2, 0.25) is 5.02 Å². The lowest BCUT2D eigenvalue weighted by atomic mass is 10.2. The zero-order valence-electron chi connectivity index (χ0n) is 15.0. The smallest absolute Gasteiger partial charge is 0.249 e. The highest BCUT2D eigenvalue weighted by atomic mass is 35.5. The van der Waals surface area contributed by atoms with E-state index in [4.69, 9.17) is 20.8 Å². The molecule has 3 rings (SSSR count). The molecule has 26 heavy (non-hydrogen) atoms. The number of benzene rings is 2. The van der Waals surface area contributed by atoms with Gasteiger partial charge >= 0.3 is 0 Å². The van der Waals surface area contributed by atoms with Crippen LogP contribution in [-0.4, -0.2) is 35.3 Å². The maximum Gasteiger partial charge on any atom is 0.249 e. The predicted octanol–water partition coefficient (Wildman–Crippen LogP) is 4.60. The summed E-state index contributed by atoms with van der Waals surface area (Å²) >= 11 is 6.17. The molecule has 0 aliphatic rings. The van der Waals surface area contributed by atoms with E-state index in [1.807, 2.05) is 56.4 Å². The summed E-state index contributed by atoms with van der Waals surface area (Å²) < 4.78 is 11.6. The van der Waals surface area contributed by atoms with Crippen LogP contribution in [0.5, 0.6) is 5.75 Å². The molecule has 5 nitrogen and oxygen atoms in total.